The lowest BCUT2D eigenvalue weighted by Crippen LogP contribution is -2.46. The maximum Gasteiger partial charge on any atom is 0.235 e. The van der Waals surface area contributed by atoms with Gasteiger partial charge >= 0.3 is 0 Å². The molecule has 8 nitrogen and oxygen atoms in total. The highest BCUT2D eigenvalue weighted by Gasteiger charge is 2.42. The van der Waals surface area contributed by atoms with E-state index in [-0.39, 0.29) is 18.6 Å². The Kier molecular flexibility index (Phi) is 7.20. The lowest BCUT2D eigenvalue weighted by molar-refractivity contribution is -0.137. The van der Waals surface area contributed by atoms with E-state index in [4.69, 9.17) is 10.5 Å². The Morgan fingerprint density at radius 1 is 1.26 bits per heavy atom. The standard InChI is InChI=1S/C27H31N5O3/c1-31-11-4-3-10-27(17-33,26(31)34)21-6-5-7-23(13-21)35-25-12-19(8-9-20(25)15-28)24(29)14-22-16-30-18-32(22)2/h5-9,12-13,16,18,24,33H,3-4,10-11,14,17,29H2,1-2H3. The van der Waals surface area contributed by atoms with E-state index in [9.17, 15) is 15.2 Å². The van der Waals surface area contributed by atoms with E-state index in [0.29, 0.717) is 42.0 Å². The average molecular weight is 474 g/mol. The van der Waals surface area contributed by atoms with Crippen molar-refractivity contribution in [3.05, 3.63) is 77.4 Å². The normalized spacial score (nSPS) is 19.2. The van der Waals surface area contributed by atoms with E-state index in [1.54, 1.807) is 48.7 Å². The van der Waals surface area contributed by atoms with Crippen LogP contribution in [-0.2, 0) is 23.7 Å². The second-order valence-electron chi connectivity index (χ2n) is 9.23. The molecule has 0 spiro atoms. The topological polar surface area (TPSA) is 117 Å². The highest BCUT2D eigenvalue weighted by atomic mass is 16.5. The number of benzene rings is 2. The molecular weight excluding hydrogens is 442 g/mol. The van der Waals surface area contributed by atoms with E-state index in [1.807, 2.05) is 29.8 Å². The van der Waals surface area contributed by atoms with Crippen molar-refractivity contribution in [1.82, 2.24) is 14.5 Å². The molecule has 1 aliphatic rings. The molecule has 0 aliphatic carbocycles. The molecule has 3 N–H and O–H groups in total. The number of nitrogens with two attached hydrogens (primary N) is 1. The third-order valence-electron chi connectivity index (χ3n) is 6.89. The highest BCUT2D eigenvalue weighted by Crippen LogP contribution is 2.37. The van der Waals surface area contributed by atoms with Crippen molar-refractivity contribution in [1.29, 1.82) is 5.26 Å². The number of hydrogen-bond donors (Lipinski definition) is 2. The number of likely N-dealkylation sites (tertiary alicyclic amines) is 1. The number of aliphatic hydroxyl groups excluding tert-OH is 1. The van der Waals surface area contributed by atoms with Gasteiger partial charge in [-0.25, -0.2) is 4.98 Å². The summed E-state index contributed by atoms with van der Waals surface area (Å²) in [5.41, 5.74) is 8.39. The van der Waals surface area contributed by atoms with Crippen LogP contribution in [-0.4, -0.2) is 45.7 Å². The molecule has 1 aliphatic heterocycles. The summed E-state index contributed by atoms with van der Waals surface area (Å²) in [4.78, 5) is 19.0. The van der Waals surface area contributed by atoms with Gasteiger partial charge in [-0.05, 0) is 48.2 Å². The second kappa shape index (κ2) is 10.3. The number of amides is 1. The van der Waals surface area contributed by atoms with Gasteiger partial charge in [-0.2, -0.15) is 5.26 Å². The number of rotatable bonds is 7. The highest BCUT2D eigenvalue weighted by molar-refractivity contribution is 5.88. The van der Waals surface area contributed by atoms with Crippen LogP contribution in [0.25, 0.3) is 0 Å². The fourth-order valence-electron chi connectivity index (χ4n) is 4.71. The van der Waals surface area contributed by atoms with Crippen LogP contribution in [0.3, 0.4) is 0 Å². The monoisotopic (exact) mass is 473 g/mol. The number of aliphatic hydroxyl groups is 1. The Balaban J connectivity index is 1.63. The van der Waals surface area contributed by atoms with Crippen LogP contribution in [0.15, 0.2) is 55.0 Å². The van der Waals surface area contributed by atoms with Crippen LogP contribution in [0.1, 0.15) is 47.7 Å². The summed E-state index contributed by atoms with van der Waals surface area (Å²) in [5, 5.41) is 20.0. The minimum absolute atomic E-state index is 0.0875. The molecule has 0 saturated carbocycles. The number of carbonyl (C=O) groups is 1. The van der Waals surface area contributed by atoms with E-state index < -0.39 is 5.41 Å². The van der Waals surface area contributed by atoms with Crippen LogP contribution < -0.4 is 10.5 Å². The Labute approximate surface area is 205 Å². The molecule has 2 unspecified atom stereocenters. The summed E-state index contributed by atoms with van der Waals surface area (Å²) in [6.07, 6.45) is 6.42. The zero-order valence-corrected chi connectivity index (χ0v) is 20.1. The van der Waals surface area contributed by atoms with Gasteiger partial charge in [0.05, 0.1) is 23.9 Å². The number of carbonyl (C=O) groups excluding carboxylic acids is 1. The zero-order valence-electron chi connectivity index (χ0n) is 20.1. The van der Waals surface area contributed by atoms with E-state index in [2.05, 4.69) is 11.1 Å². The van der Waals surface area contributed by atoms with Crippen molar-refractivity contribution < 1.29 is 14.6 Å². The summed E-state index contributed by atoms with van der Waals surface area (Å²) in [5.74, 6) is 0.796. The number of hydrogen-bond acceptors (Lipinski definition) is 6. The first-order valence-corrected chi connectivity index (χ1v) is 11.8. The van der Waals surface area contributed by atoms with Gasteiger partial charge in [0, 0.05) is 45.0 Å². The maximum atomic E-state index is 13.2. The third-order valence-corrected chi connectivity index (χ3v) is 6.89. The van der Waals surface area contributed by atoms with Crippen molar-refractivity contribution in [2.45, 2.75) is 37.1 Å². The molecule has 1 fully saturated rings. The van der Waals surface area contributed by atoms with E-state index in [1.165, 1.54) is 0 Å². The molecular formula is C27H31N5O3. The van der Waals surface area contributed by atoms with Crippen molar-refractivity contribution in [3.8, 4) is 17.6 Å². The Hall–Kier alpha value is -3.67. The average Bonchev–Trinajstić information content (AvgIpc) is 3.21. The first-order chi connectivity index (χ1) is 16.9. The fraction of sp³-hybridized carbons (Fsp3) is 0.370. The van der Waals surface area contributed by atoms with E-state index in [0.717, 1.165) is 24.1 Å². The second-order valence-corrected chi connectivity index (χ2v) is 9.23. The Morgan fingerprint density at radius 2 is 2.09 bits per heavy atom. The van der Waals surface area contributed by atoms with Crippen molar-refractivity contribution in [2.75, 3.05) is 20.2 Å². The number of likely N-dealkylation sites (N-methyl/N-ethyl adjacent to an activating group) is 1. The summed E-state index contributed by atoms with van der Waals surface area (Å²) in [6, 6.07) is 14.4. The minimum Gasteiger partial charge on any atom is -0.456 e. The first kappa shape index (κ1) is 24.5. The number of aromatic nitrogens is 2. The van der Waals surface area contributed by atoms with Crippen LogP contribution in [0.4, 0.5) is 0 Å². The predicted molar refractivity (Wildman–Crippen MR) is 132 cm³/mol. The first-order valence-electron chi connectivity index (χ1n) is 11.8. The fourth-order valence-corrected chi connectivity index (χ4v) is 4.71. The number of nitrogens with zero attached hydrogens (tertiary/aromatic N) is 4. The molecule has 35 heavy (non-hydrogen) atoms. The molecule has 0 radical (unpaired) electrons. The van der Waals surface area contributed by atoms with Gasteiger partial charge < -0.3 is 25.0 Å². The number of aryl methyl sites for hydroxylation is 1. The number of ether oxygens (including phenoxy) is 1. The number of nitriles is 1. The van der Waals surface area contributed by atoms with Crippen LogP contribution in [0, 0.1) is 11.3 Å². The van der Waals surface area contributed by atoms with Gasteiger partial charge in [0.1, 0.15) is 17.6 Å². The lowest BCUT2D eigenvalue weighted by atomic mass is 9.76. The van der Waals surface area contributed by atoms with E-state index >= 15 is 0 Å². The number of imidazole rings is 1. The van der Waals surface area contributed by atoms with Crippen molar-refractivity contribution >= 4 is 5.91 Å². The van der Waals surface area contributed by atoms with Gasteiger partial charge in [0.15, 0.2) is 0 Å². The molecule has 4 rings (SSSR count). The van der Waals surface area contributed by atoms with Crippen LogP contribution in [0.2, 0.25) is 0 Å². The molecule has 3 aromatic rings. The van der Waals surface area contributed by atoms with Crippen molar-refractivity contribution in [3.63, 3.8) is 0 Å². The van der Waals surface area contributed by atoms with Gasteiger partial charge in [-0.15, -0.1) is 0 Å². The third kappa shape index (κ3) is 4.92. The smallest absolute Gasteiger partial charge is 0.235 e. The Morgan fingerprint density at radius 3 is 2.80 bits per heavy atom. The Bertz CT molecular complexity index is 1250. The molecule has 1 aromatic heterocycles. The van der Waals surface area contributed by atoms with Crippen LogP contribution >= 0.6 is 0 Å². The molecule has 0 bridgehead atoms. The van der Waals surface area contributed by atoms with Gasteiger partial charge in [-0.3, -0.25) is 4.79 Å². The lowest BCUT2D eigenvalue weighted by Gasteiger charge is -2.32. The van der Waals surface area contributed by atoms with Gasteiger partial charge in [0.25, 0.3) is 0 Å². The summed E-state index contributed by atoms with van der Waals surface area (Å²) < 4.78 is 8.09. The van der Waals surface area contributed by atoms with Gasteiger partial charge in [-0.1, -0.05) is 24.6 Å². The SMILES string of the molecule is CN1CCCCC(CO)(c2cccc(Oc3cc(C(N)Cc4cncn4C)ccc3C#N)c2)C1=O. The summed E-state index contributed by atoms with van der Waals surface area (Å²) >= 11 is 0. The minimum atomic E-state index is -1.00. The molecule has 2 aromatic carbocycles. The molecule has 1 saturated heterocycles. The summed E-state index contributed by atoms with van der Waals surface area (Å²) in [6.45, 7) is 0.398. The van der Waals surface area contributed by atoms with Gasteiger partial charge in [0.2, 0.25) is 5.91 Å². The quantitative estimate of drug-likeness (QED) is 0.544. The molecule has 1 amide bonds. The molecule has 2 heterocycles. The predicted octanol–water partition coefficient (Wildman–Crippen LogP) is 3.20. The largest absolute Gasteiger partial charge is 0.456 e. The van der Waals surface area contributed by atoms with Crippen LogP contribution in [0.5, 0.6) is 11.5 Å². The maximum absolute atomic E-state index is 13.2. The zero-order chi connectivity index (χ0) is 25.0. The molecule has 2 atom stereocenters. The summed E-state index contributed by atoms with van der Waals surface area (Å²) in [7, 11) is 3.70. The molecule has 8 heteroatoms. The molecule has 182 valence electrons. The van der Waals surface area contributed by atoms with Crippen molar-refractivity contribution in [2.24, 2.45) is 12.8 Å².